The largest absolute Gasteiger partial charge is 0.294 e. The summed E-state index contributed by atoms with van der Waals surface area (Å²) in [6, 6.07) is 12.4. The lowest BCUT2D eigenvalue weighted by atomic mass is 10.0. The molecule has 0 radical (unpaired) electrons. The highest BCUT2D eigenvalue weighted by atomic mass is 35.5. The van der Waals surface area contributed by atoms with E-state index in [2.05, 4.69) is 0 Å². The molecular weight excluding hydrogens is 303 g/mol. The average Bonchev–Trinajstić information content (AvgIpc) is 2.39. The fourth-order valence-corrected chi connectivity index (χ4v) is 2.40. The van der Waals surface area contributed by atoms with E-state index in [0.717, 1.165) is 5.56 Å². The highest BCUT2D eigenvalue weighted by Gasteiger charge is 2.11. The topological polar surface area (TPSA) is 17.1 Å². The fraction of sp³-hybridized carbons (Fsp3) is 0.133. The fourth-order valence-electron chi connectivity index (χ4n) is 1.80. The molecule has 0 fully saturated rings. The zero-order valence-corrected chi connectivity index (χ0v) is 12.3. The number of benzene rings is 2. The van der Waals surface area contributed by atoms with Crippen LogP contribution in [-0.4, -0.2) is 5.78 Å². The maximum Gasteiger partial charge on any atom is 0.164 e. The van der Waals surface area contributed by atoms with E-state index in [1.165, 1.54) is 0 Å². The Bertz CT molecular complexity index is 608. The molecule has 0 heterocycles. The summed E-state index contributed by atoms with van der Waals surface area (Å²) in [4.78, 5) is 12.1. The van der Waals surface area contributed by atoms with Crippen LogP contribution in [0.15, 0.2) is 42.5 Å². The second-order valence-electron chi connectivity index (χ2n) is 4.18. The molecule has 19 heavy (non-hydrogen) atoms. The lowest BCUT2D eigenvalue weighted by molar-refractivity contribution is 0.0983. The Labute approximate surface area is 127 Å². The summed E-state index contributed by atoms with van der Waals surface area (Å²) < 4.78 is 0. The van der Waals surface area contributed by atoms with Gasteiger partial charge in [0.25, 0.3) is 0 Å². The number of Topliss-reactive ketones (excluding diaryl/α,β-unsaturated/α-hetero) is 1. The first-order valence-corrected chi connectivity index (χ1v) is 6.92. The smallest absolute Gasteiger partial charge is 0.164 e. The summed E-state index contributed by atoms with van der Waals surface area (Å²) in [5.41, 5.74) is 1.50. The van der Waals surface area contributed by atoms with Gasteiger partial charge < -0.3 is 0 Å². The van der Waals surface area contributed by atoms with Gasteiger partial charge in [-0.15, -0.1) is 0 Å². The molecule has 0 bridgehead atoms. The Balaban J connectivity index is 2.07. The Morgan fingerprint density at radius 3 is 2.42 bits per heavy atom. The third kappa shape index (κ3) is 3.97. The Kier molecular flexibility index (Phi) is 4.87. The standard InChI is InChI=1S/C15H11Cl3O/c16-11-3-1-2-10(8-11)4-7-15(19)13-9-12(17)5-6-14(13)18/h1-3,5-6,8-9H,4,7H2. The molecule has 0 N–H and O–H groups in total. The quantitative estimate of drug-likeness (QED) is 0.685. The highest BCUT2D eigenvalue weighted by molar-refractivity contribution is 6.35. The first-order valence-electron chi connectivity index (χ1n) is 5.79. The van der Waals surface area contributed by atoms with Crippen molar-refractivity contribution < 1.29 is 4.79 Å². The predicted molar refractivity (Wildman–Crippen MR) is 80.6 cm³/mol. The van der Waals surface area contributed by atoms with Crippen molar-refractivity contribution in [3.8, 4) is 0 Å². The number of carbonyl (C=O) groups excluding carboxylic acids is 1. The predicted octanol–water partition coefficient (Wildman–Crippen LogP) is 5.46. The number of ketones is 1. The van der Waals surface area contributed by atoms with Gasteiger partial charge in [-0.25, -0.2) is 0 Å². The van der Waals surface area contributed by atoms with Crippen LogP contribution >= 0.6 is 34.8 Å². The van der Waals surface area contributed by atoms with Crippen molar-refractivity contribution in [1.82, 2.24) is 0 Å². The monoisotopic (exact) mass is 312 g/mol. The second-order valence-corrected chi connectivity index (χ2v) is 5.46. The van der Waals surface area contributed by atoms with Crippen molar-refractivity contribution >= 4 is 40.6 Å². The molecule has 0 saturated heterocycles. The van der Waals surface area contributed by atoms with Crippen molar-refractivity contribution in [3.05, 3.63) is 68.7 Å². The molecule has 2 rings (SSSR count). The molecule has 4 heteroatoms. The van der Waals surface area contributed by atoms with Crippen LogP contribution in [0.2, 0.25) is 15.1 Å². The van der Waals surface area contributed by atoms with Crippen LogP contribution in [0.25, 0.3) is 0 Å². The van der Waals surface area contributed by atoms with E-state index in [1.807, 2.05) is 18.2 Å². The zero-order valence-electron chi connectivity index (χ0n) is 10.00. The molecule has 2 aromatic rings. The van der Waals surface area contributed by atoms with Crippen molar-refractivity contribution in [2.75, 3.05) is 0 Å². The number of carbonyl (C=O) groups is 1. The number of aryl methyl sites for hydroxylation is 1. The van der Waals surface area contributed by atoms with Crippen LogP contribution in [0.4, 0.5) is 0 Å². The molecule has 0 amide bonds. The third-order valence-electron chi connectivity index (χ3n) is 2.76. The molecule has 0 saturated carbocycles. The molecule has 0 aliphatic carbocycles. The van der Waals surface area contributed by atoms with Crippen LogP contribution in [0, 0.1) is 0 Å². The van der Waals surface area contributed by atoms with Gasteiger partial charge in [0.05, 0.1) is 5.02 Å². The number of hydrogen-bond acceptors (Lipinski definition) is 1. The van der Waals surface area contributed by atoms with Crippen LogP contribution in [0.3, 0.4) is 0 Å². The summed E-state index contributed by atoms with van der Waals surface area (Å²) >= 11 is 17.8. The lowest BCUT2D eigenvalue weighted by Gasteiger charge is -2.05. The molecule has 0 aliphatic heterocycles. The second kappa shape index (κ2) is 6.42. The molecule has 1 nitrogen and oxygen atoms in total. The average molecular weight is 314 g/mol. The molecule has 0 aliphatic rings. The third-order valence-corrected chi connectivity index (χ3v) is 3.56. The summed E-state index contributed by atoms with van der Waals surface area (Å²) in [6.07, 6.45) is 1.00. The van der Waals surface area contributed by atoms with E-state index < -0.39 is 0 Å². The van der Waals surface area contributed by atoms with Gasteiger partial charge in [0, 0.05) is 22.0 Å². The van der Waals surface area contributed by atoms with Gasteiger partial charge in [0.1, 0.15) is 0 Å². The first-order chi connectivity index (χ1) is 9.06. The zero-order chi connectivity index (χ0) is 13.8. The normalized spacial score (nSPS) is 10.5. The van der Waals surface area contributed by atoms with Crippen molar-refractivity contribution in [3.63, 3.8) is 0 Å². The van der Waals surface area contributed by atoms with Gasteiger partial charge in [0.15, 0.2) is 5.78 Å². The minimum Gasteiger partial charge on any atom is -0.294 e. The van der Waals surface area contributed by atoms with E-state index in [-0.39, 0.29) is 5.78 Å². The van der Waals surface area contributed by atoms with E-state index in [9.17, 15) is 4.79 Å². The van der Waals surface area contributed by atoms with Crippen molar-refractivity contribution in [2.24, 2.45) is 0 Å². The molecule has 0 atom stereocenters. The molecular formula is C15H11Cl3O. The Morgan fingerprint density at radius 1 is 0.947 bits per heavy atom. The number of halogens is 3. The molecule has 98 valence electrons. The van der Waals surface area contributed by atoms with Gasteiger partial charge in [-0.1, -0.05) is 46.9 Å². The Morgan fingerprint density at radius 2 is 1.68 bits per heavy atom. The van der Waals surface area contributed by atoms with Crippen molar-refractivity contribution in [1.29, 1.82) is 0 Å². The summed E-state index contributed by atoms with van der Waals surface area (Å²) in [7, 11) is 0. The molecule has 0 spiro atoms. The van der Waals surface area contributed by atoms with Gasteiger partial charge >= 0.3 is 0 Å². The summed E-state index contributed by atoms with van der Waals surface area (Å²) in [5, 5.41) is 1.61. The van der Waals surface area contributed by atoms with Crippen molar-refractivity contribution in [2.45, 2.75) is 12.8 Å². The molecule has 0 aromatic heterocycles. The lowest BCUT2D eigenvalue weighted by Crippen LogP contribution is -2.02. The van der Waals surface area contributed by atoms with Crippen LogP contribution in [-0.2, 0) is 6.42 Å². The van der Waals surface area contributed by atoms with Crippen LogP contribution in [0.1, 0.15) is 22.3 Å². The minimum atomic E-state index is -0.0209. The van der Waals surface area contributed by atoms with E-state index in [1.54, 1.807) is 24.3 Å². The number of rotatable bonds is 4. The van der Waals surface area contributed by atoms with Crippen LogP contribution in [0.5, 0.6) is 0 Å². The van der Waals surface area contributed by atoms with E-state index in [4.69, 9.17) is 34.8 Å². The maximum atomic E-state index is 12.1. The number of hydrogen-bond donors (Lipinski definition) is 0. The highest BCUT2D eigenvalue weighted by Crippen LogP contribution is 2.22. The van der Waals surface area contributed by atoms with Crippen LogP contribution < -0.4 is 0 Å². The molecule has 2 aromatic carbocycles. The molecule has 0 unspecified atom stereocenters. The van der Waals surface area contributed by atoms with Gasteiger partial charge in [0.2, 0.25) is 0 Å². The first kappa shape index (κ1) is 14.4. The van der Waals surface area contributed by atoms with Gasteiger partial charge in [-0.05, 0) is 42.3 Å². The SMILES string of the molecule is O=C(CCc1cccc(Cl)c1)c1cc(Cl)ccc1Cl. The minimum absolute atomic E-state index is 0.0209. The Hall–Kier alpha value is -1.02. The maximum absolute atomic E-state index is 12.1. The van der Waals surface area contributed by atoms with Gasteiger partial charge in [-0.3, -0.25) is 4.79 Å². The van der Waals surface area contributed by atoms with E-state index >= 15 is 0 Å². The van der Waals surface area contributed by atoms with Gasteiger partial charge in [-0.2, -0.15) is 0 Å². The summed E-state index contributed by atoms with van der Waals surface area (Å²) in [5.74, 6) is -0.0209. The van der Waals surface area contributed by atoms with E-state index in [0.29, 0.717) is 33.5 Å². The summed E-state index contributed by atoms with van der Waals surface area (Å²) in [6.45, 7) is 0.